The van der Waals surface area contributed by atoms with Crippen molar-refractivity contribution in [2.75, 3.05) is 92.0 Å². The molecule has 0 amide bonds. The maximum absolute atomic E-state index is 11.3. The van der Waals surface area contributed by atoms with Crippen LogP contribution in [0.4, 0.5) is 0 Å². The van der Waals surface area contributed by atoms with Crippen LogP contribution in [0.1, 0.15) is 13.3 Å². The molecule has 0 aromatic heterocycles. The number of nitrogens with zero attached hydrogens (tertiary/aromatic N) is 2. The van der Waals surface area contributed by atoms with E-state index in [0.29, 0.717) is 67.2 Å². The van der Waals surface area contributed by atoms with E-state index in [0.717, 1.165) is 39.3 Å². The highest BCUT2D eigenvalue weighted by molar-refractivity contribution is 5.41. The zero-order valence-electron chi connectivity index (χ0n) is 28.2. The Balaban J connectivity index is 0.000000248. The maximum Gasteiger partial charge on any atom is 0.161 e. The summed E-state index contributed by atoms with van der Waals surface area (Å²) in [7, 11) is 0. The molecule has 1 fully saturated rings. The Kier molecular flexibility index (Phi) is 11.3. The number of ether oxygens (including phenoxy) is 6. The number of nitrogens with one attached hydrogen (secondary N) is 1. The quantitative estimate of drug-likeness (QED) is 0.315. The lowest BCUT2D eigenvalue weighted by atomic mass is 10.0. The molecule has 3 aromatic carbocycles. The second-order valence-electron chi connectivity index (χ2n) is 13.4. The van der Waals surface area contributed by atoms with Gasteiger partial charge in [-0.25, -0.2) is 0 Å². The summed E-state index contributed by atoms with van der Waals surface area (Å²) < 4.78 is 34.4. The van der Waals surface area contributed by atoms with E-state index in [1.807, 2.05) is 79.7 Å². The van der Waals surface area contributed by atoms with Gasteiger partial charge in [0.05, 0.1) is 0 Å². The summed E-state index contributed by atoms with van der Waals surface area (Å²) in [6.07, 6.45) is 0.626. The minimum Gasteiger partial charge on any atom is -0.487 e. The zero-order chi connectivity index (χ0) is 34.2. The minimum atomic E-state index is -1.12. The van der Waals surface area contributed by atoms with Gasteiger partial charge in [-0.05, 0) is 42.8 Å². The maximum atomic E-state index is 11.3. The van der Waals surface area contributed by atoms with Gasteiger partial charge < -0.3 is 49.1 Å². The van der Waals surface area contributed by atoms with Crippen LogP contribution in [0, 0.1) is 0 Å². The average Bonchev–Trinajstić information content (AvgIpc) is 3.44. The first kappa shape index (κ1) is 35.1. The molecule has 0 unspecified atom stereocenters. The third kappa shape index (κ3) is 9.47. The van der Waals surface area contributed by atoms with Gasteiger partial charge in [-0.2, -0.15) is 0 Å². The highest BCUT2D eigenvalue weighted by Gasteiger charge is 2.37. The SMILES string of the molecule is CCC1(O)COc2ccccc2OC1.OC1(CN2CCNCCN(CC3(O)COc4ccccc4OC3)CC2)COc2ccccc2OC1. The molecule has 0 atom stereocenters. The van der Waals surface area contributed by atoms with E-state index in [-0.39, 0.29) is 26.4 Å². The van der Waals surface area contributed by atoms with Crippen LogP contribution >= 0.6 is 0 Å². The summed E-state index contributed by atoms with van der Waals surface area (Å²) in [5, 5.41) is 36.0. The van der Waals surface area contributed by atoms with Gasteiger partial charge >= 0.3 is 0 Å². The van der Waals surface area contributed by atoms with Crippen molar-refractivity contribution in [2.24, 2.45) is 0 Å². The van der Waals surface area contributed by atoms with Crippen LogP contribution in [0.3, 0.4) is 0 Å². The summed E-state index contributed by atoms with van der Waals surface area (Å²) in [4.78, 5) is 4.46. The lowest BCUT2D eigenvalue weighted by Crippen LogP contribution is -2.54. The number of β-amino-alcohol motifs (C(OH)–C–C–N with tert-alkyl or cyclic N) is 2. The first-order valence-corrected chi connectivity index (χ1v) is 17.1. The predicted molar refractivity (Wildman–Crippen MR) is 183 cm³/mol. The van der Waals surface area contributed by atoms with Crippen LogP contribution in [0.2, 0.25) is 0 Å². The molecule has 3 aromatic rings. The number of rotatable bonds is 5. The first-order chi connectivity index (χ1) is 23.7. The van der Waals surface area contributed by atoms with Crippen LogP contribution in [0.15, 0.2) is 72.8 Å². The van der Waals surface area contributed by atoms with Crippen LogP contribution in [-0.4, -0.2) is 134 Å². The lowest BCUT2D eigenvalue weighted by Gasteiger charge is -2.35. The number of hydrogen-bond donors (Lipinski definition) is 4. The summed E-state index contributed by atoms with van der Waals surface area (Å²) in [6.45, 7) is 8.79. The van der Waals surface area contributed by atoms with Crippen LogP contribution in [-0.2, 0) is 0 Å². The molecule has 4 aliphatic rings. The monoisotopic (exact) mass is 679 g/mol. The van der Waals surface area contributed by atoms with Crippen molar-refractivity contribution in [3.8, 4) is 34.5 Å². The topological polar surface area (TPSA) is 135 Å². The Labute approximate surface area is 288 Å². The number of aliphatic hydroxyl groups is 3. The highest BCUT2D eigenvalue weighted by Crippen LogP contribution is 2.33. The molecule has 0 spiro atoms. The van der Waals surface area contributed by atoms with Gasteiger partial charge in [-0.15, -0.1) is 0 Å². The average molecular weight is 680 g/mol. The third-order valence-electron chi connectivity index (χ3n) is 9.16. The largest absolute Gasteiger partial charge is 0.487 e. The Morgan fingerprint density at radius 2 is 0.776 bits per heavy atom. The summed E-state index contributed by atoms with van der Waals surface area (Å²) in [5.74, 6) is 4.04. The third-order valence-corrected chi connectivity index (χ3v) is 9.16. The van der Waals surface area contributed by atoms with Gasteiger partial charge in [-0.3, -0.25) is 9.80 Å². The van der Waals surface area contributed by atoms with Gasteiger partial charge in [-0.1, -0.05) is 43.3 Å². The van der Waals surface area contributed by atoms with Crippen molar-refractivity contribution < 1.29 is 43.7 Å². The Morgan fingerprint density at radius 1 is 0.490 bits per heavy atom. The van der Waals surface area contributed by atoms with Crippen LogP contribution in [0.5, 0.6) is 34.5 Å². The van der Waals surface area contributed by atoms with Gasteiger partial charge in [0, 0.05) is 52.4 Å². The van der Waals surface area contributed by atoms with Crippen molar-refractivity contribution in [3.05, 3.63) is 72.8 Å². The van der Waals surface area contributed by atoms with E-state index in [1.165, 1.54) is 0 Å². The molecule has 12 nitrogen and oxygen atoms in total. The molecule has 266 valence electrons. The molecule has 49 heavy (non-hydrogen) atoms. The van der Waals surface area contributed by atoms with Crippen LogP contribution in [0.25, 0.3) is 0 Å². The fraction of sp³-hybridized carbons (Fsp3) is 0.514. The highest BCUT2D eigenvalue weighted by atomic mass is 16.6. The van der Waals surface area contributed by atoms with Crippen LogP contribution < -0.4 is 33.7 Å². The smallest absolute Gasteiger partial charge is 0.161 e. The molecule has 12 heteroatoms. The fourth-order valence-electron chi connectivity index (χ4n) is 6.10. The first-order valence-electron chi connectivity index (χ1n) is 17.1. The molecule has 0 aliphatic carbocycles. The normalized spacial score (nSPS) is 21.6. The van der Waals surface area contributed by atoms with Gasteiger partial charge in [0.1, 0.15) is 56.4 Å². The molecule has 1 saturated heterocycles. The summed E-state index contributed by atoms with van der Waals surface area (Å²) in [6, 6.07) is 22.5. The molecule has 4 N–H and O–H groups in total. The Hall–Kier alpha value is -3.78. The van der Waals surface area contributed by atoms with E-state index < -0.39 is 16.8 Å². The zero-order valence-corrected chi connectivity index (χ0v) is 28.2. The minimum absolute atomic E-state index is 0.173. The summed E-state index contributed by atoms with van der Waals surface area (Å²) in [5.41, 5.74) is -3.10. The Morgan fingerprint density at radius 3 is 1.06 bits per heavy atom. The number of hydrogen-bond acceptors (Lipinski definition) is 12. The van der Waals surface area contributed by atoms with Gasteiger partial charge in [0.15, 0.2) is 34.5 Å². The molecule has 0 radical (unpaired) electrons. The van der Waals surface area contributed by atoms with E-state index in [1.54, 1.807) is 0 Å². The lowest BCUT2D eigenvalue weighted by molar-refractivity contribution is -0.0597. The van der Waals surface area contributed by atoms with E-state index in [2.05, 4.69) is 15.1 Å². The van der Waals surface area contributed by atoms with Gasteiger partial charge in [0.25, 0.3) is 0 Å². The molecular weight excluding hydrogens is 630 g/mol. The van der Waals surface area contributed by atoms with Crippen molar-refractivity contribution in [2.45, 2.75) is 30.1 Å². The van der Waals surface area contributed by atoms with Crippen molar-refractivity contribution in [3.63, 3.8) is 0 Å². The van der Waals surface area contributed by atoms with E-state index in [9.17, 15) is 15.3 Å². The summed E-state index contributed by atoms with van der Waals surface area (Å²) >= 11 is 0. The van der Waals surface area contributed by atoms with Crippen molar-refractivity contribution >= 4 is 0 Å². The van der Waals surface area contributed by atoms with Crippen molar-refractivity contribution in [1.82, 2.24) is 15.1 Å². The molecular formula is C37H49N3O9. The number of fused-ring (bicyclic) bond motifs is 3. The number of benzene rings is 3. The molecule has 4 heterocycles. The Bertz CT molecular complexity index is 1350. The van der Waals surface area contributed by atoms with Gasteiger partial charge in [0.2, 0.25) is 0 Å². The van der Waals surface area contributed by atoms with Crippen molar-refractivity contribution in [1.29, 1.82) is 0 Å². The fourth-order valence-corrected chi connectivity index (χ4v) is 6.10. The molecule has 0 bridgehead atoms. The molecule has 4 aliphatic heterocycles. The standard InChI is InChI=1S/C26H35N3O6.C11H14O3/c30-25(17-32-21-5-1-2-6-22(21)33-18-25)15-28-11-9-27-10-12-29(14-13-28)16-26(31)19-34-23-7-3-4-8-24(23)35-20-26;1-2-11(12)7-13-9-5-3-4-6-10(9)14-8-11/h1-8,27,30-31H,9-20H2;3-6,12H,2,7-8H2,1H3. The molecule has 7 rings (SSSR count). The molecule has 0 saturated carbocycles. The second kappa shape index (κ2) is 15.8. The predicted octanol–water partition coefficient (Wildman–Crippen LogP) is 2.20. The second-order valence-corrected chi connectivity index (χ2v) is 13.4. The number of para-hydroxylation sites is 6. The van der Waals surface area contributed by atoms with E-state index >= 15 is 0 Å². The van der Waals surface area contributed by atoms with E-state index in [4.69, 9.17) is 28.4 Å².